The number of aromatic hydroxyl groups is 1. The van der Waals surface area contributed by atoms with Gasteiger partial charge in [0.15, 0.2) is 0 Å². The van der Waals surface area contributed by atoms with Gasteiger partial charge in [0.25, 0.3) is 0 Å². The average molecular weight is 220 g/mol. The molecule has 0 bridgehead atoms. The summed E-state index contributed by atoms with van der Waals surface area (Å²) in [6.45, 7) is 6.89. The van der Waals surface area contributed by atoms with E-state index in [0.29, 0.717) is 5.75 Å². The van der Waals surface area contributed by atoms with Gasteiger partial charge in [-0.3, -0.25) is 0 Å². The molecule has 0 aliphatic heterocycles. The average Bonchev–Trinajstić information content (AvgIpc) is 2.28. The standard InChI is InChI=1S/C15H24O/c1-4-6-12(3)14(5-2)11-13-7-9-15(16)10-8-13/h7-10,12,14,16H,4-6,11H2,1-3H3. The van der Waals surface area contributed by atoms with Crippen LogP contribution in [0.25, 0.3) is 0 Å². The summed E-state index contributed by atoms with van der Waals surface area (Å²) < 4.78 is 0. The van der Waals surface area contributed by atoms with Crippen LogP contribution in [0.5, 0.6) is 5.75 Å². The number of phenolic OH excluding ortho intramolecular Hbond substituents is 1. The number of phenols is 1. The summed E-state index contributed by atoms with van der Waals surface area (Å²) >= 11 is 0. The SMILES string of the molecule is CCCC(C)C(CC)Cc1ccc(O)cc1. The third-order valence-corrected chi connectivity index (χ3v) is 3.51. The first-order chi connectivity index (χ1) is 7.67. The maximum atomic E-state index is 9.24. The third-order valence-electron chi connectivity index (χ3n) is 3.51. The van der Waals surface area contributed by atoms with Gasteiger partial charge in [-0.05, 0) is 36.0 Å². The molecule has 2 unspecified atom stereocenters. The molecule has 0 saturated carbocycles. The molecule has 1 N–H and O–H groups in total. The van der Waals surface area contributed by atoms with Crippen LogP contribution in [0.15, 0.2) is 24.3 Å². The summed E-state index contributed by atoms with van der Waals surface area (Å²) in [7, 11) is 0. The highest BCUT2D eigenvalue weighted by atomic mass is 16.3. The topological polar surface area (TPSA) is 20.2 Å². The van der Waals surface area contributed by atoms with Crippen molar-refractivity contribution in [2.24, 2.45) is 11.8 Å². The molecular formula is C15H24O. The summed E-state index contributed by atoms with van der Waals surface area (Å²) in [4.78, 5) is 0. The van der Waals surface area contributed by atoms with E-state index >= 15 is 0 Å². The Labute approximate surface area is 99.5 Å². The summed E-state index contributed by atoms with van der Waals surface area (Å²) in [5.74, 6) is 1.92. The van der Waals surface area contributed by atoms with Crippen molar-refractivity contribution in [3.63, 3.8) is 0 Å². The van der Waals surface area contributed by atoms with Crippen molar-refractivity contribution in [2.45, 2.75) is 46.5 Å². The zero-order valence-electron chi connectivity index (χ0n) is 10.7. The zero-order valence-corrected chi connectivity index (χ0v) is 10.7. The van der Waals surface area contributed by atoms with Gasteiger partial charge in [0.05, 0.1) is 0 Å². The molecule has 2 atom stereocenters. The van der Waals surface area contributed by atoms with Gasteiger partial charge in [0.2, 0.25) is 0 Å². The van der Waals surface area contributed by atoms with E-state index in [2.05, 4.69) is 20.8 Å². The van der Waals surface area contributed by atoms with E-state index in [-0.39, 0.29) is 0 Å². The predicted molar refractivity (Wildman–Crippen MR) is 69.7 cm³/mol. The summed E-state index contributed by atoms with van der Waals surface area (Å²) in [5, 5.41) is 9.24. The molecule has 1 rings (SSSR count). The van der Waals surface area contributed by atoms with Crippen molar-refractivity contribution in [3.05, 3.63) is 29.8 Å². The fourth-order valence-corrected chi connectivity index (χ4v) is 2.37. The van der Waals surface area contributed by atoms with Gasteiger partial charge in [-0.1, -0.05) is 52.2 Å². The molecule has 0 aliphatic carbocycles. The summed E-state index contributed by atoms with van der Waals surface area (Å²) in [6, 6.07) is 7.65. The van der Waals surface area contributed by atoms with Crippen LogP contribution < -0.4 is 0 Å². The molecule has 90 valence electrons. The Bertz CT molecular complexity index is 289. The lowest BCUT2D eigenvalue weighted by Crippen LogP contribution is -2.13. The second kappa shape index (κ2) is 6.57. The van der Waals surface area contributed by atoms with Crippen LogP contribution >= 0.6 is 0 Å². The highest BCUT2D eigenvalue weighted by molar-refractivity contribution is 5.26. The van der Waals surface area contributed by atoms with Crippen LogP contribution in [0.2, 0.25) is 0 Å². The second-order valence-corrected chi connectivity index (χ2v) is 4.80. The van der Waals surface area contributed by atoms with E-state index in [1.807, 2.05) is 12.1 Å². The van der Waals surface area contributed by atoms with Crippen LogP contribution in [-0.4, -0.2) is 5.11 Å². The molecule has 0 radical (unpaired) electrons. The van der Waals surface area contributed by atoms with Crippen molar-refractivity contribution in [3.8, 4) is 5.75 Å². The Kier molecular flexibility index (Phi) is 5.37. The maximum Gasteiger partial charge on any atom is 0.115 e. The first-order valence-corrected chi connectivity index (χ1v) is 6.45. The second-order valence-electron chi connectivity index (χ2n) is 4.80. The predicted octanol–water partition coefficient (Wildman–Crippen LogP) is 4.40. The van der Waals surface area contributed by atoms with Gasteiger partial charge >= 0.3 is 0 Å². The lowest BCUT2D eigenvalue weighted by molar-refractivity contribution is 0.323. The minimum Gasteiger partial charge on any atom is -0.508 e. The lowest BCUT2D eigenvalue weighted by Gasteiger charge is -2.22. The first-order valence-electron chi connectivity index (χ1n) is 6.45. The third kappa shape index (κ3) is 3.88. The minimum absolute atomic E-state index is 0.360. The molecule has 0 fully saturated rings. The molecule has 1 nitrogen and oxygen atoms in total. The van der Waals surface area contributed by atoms with Gasteiger partial charge < -0.3 is 5.11 Å². The minimum atomic E-state index is 0.360. The Morgan fingerprint density at radius 2 is 1.75 bits per heavy atom. The van der Waals surface area contributed by atoms with Gasteiger partial charge in [-0.25, -0.2) is 0 Å². The van der Waals surface area contributed by atoms with E-state index in [4.69, 9.17) is 0 Å². The van der Waals surface area contributed by atoms with E-state index in [0.717, 1.165) is 18.3 Å². The molecule has 0 aromatic heterocycles. The molecule has 1 aromatic carbocycles. The normalized spacial score (nSPS) is 14.7. The molecule has 0 heterocycles. The van der Waals surface area contributed by atoms with Crippen molar-refractivity contribution in [2.75, 3.05) is 0 Å². The van der Waals surface area contributed by atoms with Crippen LogP contribution in [0.4, 0.5) is 0 Å². The van der Waals surface area contributed by atoms with Crippen molar-refractivity contribution in [1.82, 2.24) is 0 Å². The van der Waals surface area contributed by atoms with Crippen LogP contribution in [0.1, 0.15) is 45.6 Å². The lowest BCUT2D eigenvalue weighted by atomic mass is 9.83. The number of benzene rings is 1. The quantitative estimate of drug-likeness (QED) is 0.753. The molecule has 16 heavy (non-hydrogen) atoms. The molecule has 1 heteroatoms. The van der Waals surface area contributed by atoms with Crippen molar-refractivity contribution < 1.29 is 5.11 Å². The Morgan fingerprint density at radius 3 is 2.25 bits per heavy atom. The molecule has 0 saturated heterocycles. The highest BCUT2D eigenvalue weighted by Gasteiger charge is 2.15. The largest absolute Gasteiger partial charge is 0.508 e. The number of rotatable bonds is 6. The Hall–Kier alpha value is -0.980. The first kappa shape index (κ1) is 13.1. The zero-order chi connectivity index (χ0) is 12.0. The van der Waals surface area contributed by atoms with E-state index in [9.17, 15) is 5.11 Å². The fourth-order valence-electron chi connectivity index (χ4n) is 2.37. The van der Waals surface area contributed by atoms with E-state index in [1.54, 1.807) is 12.1 Å². The number of hydrogen-bond donors (Lipinski definition) is 1. The molecule has 0 aliphatic rings. The fraction of sp³-hybridized carbons (Fsp3) is 0.600. The summed E-state index contributed by atoms with van der Waals surface area (Å²) in [5.41, 5.74) is 1.34. The van der Waals surface area contributed by atoms with Gasteiger partial charge in [-0.2, -0.15) is 0 Å². The summed E-state index contributed by atoms with van der Waals surface area (Å²) in [6.07, 6.45) is 4.96. The Balaban J connectivity index is 2.59. The molecule has 0 spiro atoms. The van der Waals surface area contributed by atoms with Crippen LogP contribution in [0, 0.1) is 11.8 Å². The highest BCUT2D eigenvalue weighted by Crippen LogP contribution is 2.25. The number of hydrogen-bond acceptors (Lipinski definition) is 1. The van der Waals surface area contributed by atoms with Gasteiger partial charge in [-0.15, -0.1) is 0 Å². The maximum absolute atomic E-state index is 9.24. The molecular weight excluding hydrogens is 196 g/mol. The van der Waals surface area contributed by atoms with Gasteiger partial charge in [0.1, 0.15) is 5.75 Å². The van der Waals surface area contributed by atoms with Crippen molar-refractivity contribution >= 4 is 0 Å². The van der Waals surface area contributed by atoms with Crippen LogP contribution in [0.3, 0.4) is 0 Å². The monoisotopic (exact) mass is 220 g/mol. The van der Waals surface area contributed by atoms with Crippen molar-refractivity contribution in [1.29, 1.82) is 0 Å². The Morgan fingerprint density at radius 1 is 1.12 bits per heavy atom. The molecule has 0 amide bonds. The molecule has 1 aromatic rings. The van der Waals surface area contributed by atoms with Crippen LogP contribution in [-0.2, 0) is 6.42 Å². The smallest absolute Gasteiger partial charge is 0.115 e. The van der Waals surface area contributed by atoms with Gasteiger partial charge in [0, 0.05) is 0 Å². The van der Waals surface area contributed by atoms with E-state index in [1.165, 1.54) is 24.8 Å². The van der Waals surface area contributed by atoms with E-state index < -0.39 is 0 Å².